The van der Waals surface area contributed by atoms with Crippen LogP contribution in [0.2, 0.25) is 0 Å². The van der Waals surface area contributed by atoms with Gasteiger partial charge in [-0.3, -0.25) is 19.8 Å². The molecule has 0 radical (unpaired) electrons. The lowest BCUT2D eigenvalue weighted by Crippen LogP contribution is -2.51. The van der Waals surface area contributed by atoms with Crippen molar-refractivity contribution in [3.05, 3.63) is 64.2 Å². The zero-order valence-corrected chi connectivity index (χ0v) is 17.9. The van der Waals surface area contributed by atoms with E-state index in [4.69, 9.17) is 0 Å². The van der Waals surface area contributed by atoms with Gasteiger partial charge >= 0.3 is 6.18 Å². The van der Waals surface area contributed by atoms with Crippen LogP contribution < -0.4 is 9.80 Å². The van der Waals surface area contributed by atoms with Gasteiger partial charge in [-0.25, -0.2) is 0 Å². The first-order valence-corrected chi connectivity index (χ1v) is 10.3. The summed E-state index contributed by atoms with van der Waals surface area (Å²) in [6.07, 6.45) is -4.65. The van der Waals surface area contributed by atoms with Gasteiger partial charge in [-0.2, -0.15) is 13.2 Å². The lowest BCUT2D eigenvalue weighted by Gasteiger charge is -2.37. The van der Waals surface area contributed by atoms with Gasteiger partial charge in [-0.05, 0) is 38.1 Å². The number of para-hydroxylation sites is 1. The van der Waals surface area contributed by atoms with Crippen LogP contribution in [0, 0.1) is 10.1 Å². The van der Waals surface area contributed by atoms with Crippen molar-refractivity contribution >= 4 is 23.0 Å². The van der Waals surface area contributed by atoms with Crippen LogP contribution in [0.15, 0.2) is 48.5 Å². The fourth-order valence-electron chi connectivity index (χ4n) is 3.85. The van der Waals surface area contributed by atoms with Crippen LogP contribution >= 0.6 is 0 Å². The maximum absolute atomic E-state index is 13.0. The molecule has 0 aliphatic carbocycles. The molecule has 0 aromatic heterocycles. The van der Waals surface area contributed by atoms with E-state index in [1.165, 1.54) is 0 Å². The smallest absolute Gasteiger partial charge is 0.363 e. The molecule has 7 nitrogen and oxygen atoms in total. The first kappa shape index (κ1) is 23.5. The van der Waals surface area contributed by atoms with Gasteiger partial charge in [-0.15, -0.1) is 0 Å². The van der Waals surface area contributed by atoms with Crippen LogP contribution in [0.3, 0.4) is 0 Å². The average Bonchev–Trinajstić information content (AvgIpc) is 2.74. The molecule has 1 aliphatic rings. The number of nitro groups is 1. The number of alkyl halides is 3. The Labute approximate surface area is 184 Å². The Morgan fingerprint density at radius 2 is 1.72 bits per heavy atom. The van der Waals surface area contributed by atoms with Gasteiger partial charge in [0.25, 0.3) is 5.69 Å². The SMILES string of the molecule is CC(C)N(C(=O)CN1CCN(c2ccc(C(F)(F)F)cc2[N+](=O)[O-])CC1)c1ccccc1. The van der Waals surface area contributed by atoms with Gasteiger partial charge in [0, 0.05) is 44.0 Å². The maximum Gasteiger partial charge on any atom is 0.416 e. The third-order valence-corrected chi connectivity index (χ3v) is 5.39. The molecule has 32 heavy (non-hydrogen) atoms. The van der Waals surface area contributed by atoms with Gasteiger partial charge in [0.1, 0.15) is 5.69 Å². The molecule has 1 amide bonds. The molecular formula is C22H25F3N4O3. The molecule has 10 heteroatoms. The van der Waals surface area contributed by atoms with Crippen LogP contribution in [0.4, 0.5) is 30.2 Å². The molecule has 1 aliphatic heterocycles. The standard InChI is InChI=1S/C22H25F3N4O3/c1-16(2)28(18-6-4-3-5-7-18)21(30)15-26-10-12-27(13-11-26)19-9-8-17(22(23,24)25)14-20(19)29(31)32/h3-9,14,16H,10-13,15H2,1-2H3. The van der Waals surface area contributed by atoms with Crippen molar-refractivity contribution in [3.63, 3.8) is 0 Å². The Bertz CT molecular complexity index is 959. The average molecular weight is 450 g/mol. The van der Waals surface area contributed by atoms with Crippen molar-refractivity contribution in [1.82, 2.24) is 4.90 Å². The van der Waals surface area contributed by atoms with E-state index in [0.29, 0.717) is 32.2 Å². The van der Waals surface area contributed by atoms with Crippen molar-refractivity contribution < 1.29 is 22.9 Å². The summed E-state index contributed by atoms with van der Waals surface area (Å²) in [6.45, 7) is 5.73. The Kier molecular flexibility index (Phi) is 7.02. The molecule has 0 bridgehead atoms. The molecule has 1 fully saturated rings. The second-order valence-electron chi connectivity index (χ2n) is 7.91. The summed E-state index contributed by atoms with van der Waals surface area (Å²) in [5, 5.41) is 11.4. The fourth-order valence-corrected chi connectivity index (χ4v) is 3.85. The Hall–Kier alpha value is -3.14. The van der Waals surface area contributed by atoms with Crippen LogP contribution in [-0.4, -0.2) is 54.5 Å². The Morgan fingerprint density at radius 3 is 2.25 bits per heavy atom. The normalized spacial score (nSPS) is 15.1. The van der Waals surface area contributed by atoms with E-state index >= 15 is 0 Å². The predicted molar refractivity (Wildman–Crippen MR) is 116 cm³/mol. The second kappa shape index (κ2) is 9.56. The number of rotatable bonds is 6. The third kappa shape index (κ3) is 5.37. The summed E-state index contributed by atoms with van der Waals surface area (Å²) in [5.74, 6) is -0.0554. The van der Waals surface area contributed by atoms with Gasteiger partial charge in [-0.1, -0.05) is 18.2 Å². The largest absolute Gasteiger partial charge is 0.416 e. The Balaban J connectivity index is 1.67. The van der Waals surface area contributed by atoms with E-state index < -0.39 is 22.4 Å². The minimum absolute atomic E-state index is 0.0269. The highest BCUT2D eigenvalue weighted by molar-refractivity contribution is 5.95. The number of amides is 1. The van der Waals surface area contributed by atoms with Crippen LogP contribution in [0.5, 0.6) is 0 Å². The zero-order valence-electron chi connectivity index (χ0n) is 17.9. The van der Waals surface area contributed by atoms with E-state index in [1.807, 2.05) is 49.1 Å². The molecule has 0 N–H and O–H groups in total. The summed E-state index contributed by atoms with van der Waals surface area (Å²) in [7, 11) is 0. The minimum Gasteiger partial charge on any atom is -0.363 e. The first-order valence-electron chi connectivity index (χ1n) is 10.3. The summed E-state index contributed by atoms with van der Waals surface area (Å²) < 4.78 is 38.8. The van der Waals surface area contributed by atoms with Crippen LogP contribution in [0.1, 0.15) is 19.4 Å². The third-order valence-electron chi connectivity index (χ3n) is 5.39. The zero-order chi connectivity index (χ0) is 23.5. The van der Waals surface area contributed by atoms with Gasteiger partial charge in [0.15, 0.2) is 0 Å². The second-order valence-corrected chi connectivity index (χ2v) is 7.91. The minimum atomic E-state index is -4.65. The fraction of sp³-hybridized carbons (Fsp3) is 0.409. The number of anilines is 2. The monoisotopic (exact) mass is 450 g/mol. The molecule has 2 aromatic carbocycles. The Morgan fingerprint density at radius 1 is 1.09 bits per heavy atom. The quantitative estimate of drug-likeness (QED) is 0.488. The number of hydrogen-bond acceptors (Lipinski definition) is 5. The maximum atomic E-state index is 13.0. The number of carbonyl (C=O) groups is 1. The molecule has 1 heterocycles. The van der Waals surface area contributed by atoms with Gasteiger partial charge in [0.2, 0.25) is 5.91 Å². The highest BCUT2D eigenvalue weighted by Gasteiger charge is 2.34. The molecule has 3 rings (SSSR count). The molecule has 1 saturated heterocycles. The van der Waals surface area contributed by atoms with Crippen molar-refractivity contribution in [2.75, 3.05) is 42.5 Å². The lowest BCUT2D eigenvalue weighted by atomic mass is 10.1. The number of hydrogen-bond donors (Lipinski definition) is 0. The lowest BCUT2D eigenvalue weighted by molar-refractivity contribution is -0.384. The number of benzene rings is 2. The molecule has 172 valence electrons. The van der Waals surface area contributed by atoms with E-state index in [9.17, 15) is 28.1 Å². The van der Waals surface area contributed by atoms with E-state index in [0.717, 1.165) is 17.8 Å². The molecule has 2 aromatic rings. The van der Waals surface area contributed by atoms with Crippen molar-refractivity contribution in [3.8, 4) is 0 Å². The van der Waals surface area contributed by atoms with Crippen LogP contribution in [-0.2, 0) is 11.0 Å². The molecule has 0 atom stereocenters. The molecule has 0 saturated carbocycles. The van der Waals surface area contributed by atoms with Gasteiger partial charge < -0.3 is 9.80 Å². The predicted octanol–water partition coefficient (Wildman–Crippen LogP) is 4.18. The van der Waals surface area contributed by atoms with Crippen molar-refractivity contribution in [1.29, 1.82) is 0 Å². The number of nitrogens with zero attached hydrogens (tertiary/aromatic N) is 4. The summed E-state index contributed by atoms with van der Waals surface area (Å²) in [6, 6.07) is 11.9. The number of nitro benzene ring substituents is 1. The van der Waals surface area contributed by atoms with Crippen LogP contribution in [0.25, 0.3) is 0 Å². The number of carbonyl (C=O) groups excluding carboxylic acids is 1. The first-order chi connectivity index (χ1) is 15.1. The highest BCUT2D eigenvalue weighted by Crippen LogP contribution is 2.36. The highest BCUT2D eigenvalue weighted by atomic mass is 19.4. The summed E-state index contributed by atoms with van der Waals surface area (Å²) in [4.78, 5) is 28.9. The van der Waals surface area contributed by atoms with E-state index in [-0.39, 0.29) is 24.2 Å². The van der Waals surface area contributed by atoms with Crippen molar-refractivity contribution in [2.24, 2.45) is 0 Å². The van der Waals surface area contributed by atoms with E-state index in [2.05, 4.69) is 0 Å². The summed E-state index contributed by atoms with van der Waals surface area (Å²) in [5.41, 5.74) is -0.653. The topological polar surface area (TPSA) is 69.9 Å². The molecule has 0 unspecified atom stereocenters. The van der Waals surface area contributed by atoms with Gasteiger partial charge in [0.05, 0.1) is 17.0 Å². The van der Waals surface area contributed by atoms with Crippen molar-refractivity contribution in [2.45, 2.75) is 26.1 Å². The molecular weight excluding hydrogens is 425 g/mol. The summed E-state index contributed by atoms with van der Waals surface area (Å²) >= 11 is 0. The van der Waals surface area contributed by atoms with E-state index in [1.54, 1.807) is 9.80 Å². The number of halogens is 3. The molecule has 0 spiro atoms. The number of piperazine rings is 1.